The number of hydrogen-bond donors (Lipinski definition) is 3. The highest BCUT2D eigenvalue weighted by molar-refractivity contribution is 5.72. The third-order valence-corrected chi connectivity index (χ3v) is 7.31. The van der Waals surface area contributed by atoms with Gasteiger partial charge >= 0.3 is 5.97 Å². The average molecular weight is 542 g/mol. The van der Waals surface area contributed by atoms with Gasteiger partial charge in [0.05, 0.1) is 18.3 Å². The molecule has 0 aromatic heterocycles. The molecule has 0 saturated heterocycles. The molecule has 9 heteroatoms. The van der Waals surface area contributed by atoms with Gasteiger partial charge in [-0.2, -0.15) is 0 Å². The number of esters is 1. The first-order valence-electron chi connectivity index (χ1n) is 13.6. The van der Waals surface area contributed by atoms with E-state index < -0.39 is 29.4 Å². The summed E-state index contributed by atoms with van der Waals surface area (Å²) in [6, 6.07) is 16.6. The molecule has 0 bridgehead atoms. The van der Waals surface area contributed by atoms with Crippen molar-refractivity contribution in [3.8, 4) is 5.75 Å². The van der Waals surface area contributed by atoms with Crippen molar-refractivity contribution >= 4 is 5.97 Å². The second-order valence-corrected chi connectivity index (χ2v) is 10.1. The molecular formula is C30H39NO8. The van der Waals surface area contributed by atoms with Gasteiger partial charge in [-0.15, -0.1) is 10.1 Å². The molecule has 39 heavy (non-hydrogen) atoms. The summed E-state index contributed by atoms with van der Waals surface area (Å²) in [5.74, 6) is -0.326. The van der Waals surface area contributed by atoms with E-state index in [9.17, 15) is 30.2 Å². The lowest BCUT2D eigenvalue weighted by Crippen LogP contribution is -2.23. The van der Waals surface area contributed by atoms with Gasteiger partial charge < -0.3 is 24.9 Å². The van der Waals surface area contributed by atoms with Crippen molar-refractivity contribution in [2.24, 2.45) is 11.8 Å². The molecule has 0 radical (unpaired) electrons. The molecule has 3 rings (SSSR count). The Balaban J connectivity index is 1.36. The molecule has 0 heterocycles. The van der Waals surface area contributed by atoms with Crippen LogP contribution in [0.1, 0.15) is 62.5 Å². The van der Waals surface area contributed by atoms with E-state index in [0.717, 1.165) is 6.42 Å². The van der Waals surface area contributed by atoms with Gasteiger partial charge in [0.25, 0.3) is 5.09 Å². The maximum absolute atomic E-state index is 12.2. The van der Waals surface area contributed by atoms with Crippen LogP contribution in [0.2, 0.25) is 0 Å². The number of para-hydroxylation sites is 1. The van der Waals surface area contributed by atoms with Crippen LogP contribution in [0.4, 0.5) is 0 Å². The number of carbonyl (C=O) groups excluding carboxylic acids is 1. The van der Waals surface area contributed by atoms with Gasteiger partial charge in [-0.25, -0.2) is 0 Å². The van der Waals surface area contributed by atoms with Crippen LogP contribution in [0.5, 0.6) is 5.75 Å². The van der Waals surface area contributed by atoms with Crippen LogP contribution in [0, 0.1) is 22.0 Å². The van der Waals surface area contributed by atoms with Gasteiger partial charge in [0.2, 0.25) is 0 Å². The van der Waals surface area contributed by atoms with Crippen LogP contribution in [0.25, 0.3) is 0 Å². The molecule has 1 fully saturated rings. The van der Waals surface area contributed by atoms with E-state index >= 15 is 0 Å². The Labute approximate surface area is 229 Å². The number of aryl methyl sites for hydroxylation is 1. The Morgan fingerprint density at radius 1 is 1.03 bits per heavy atom. The number of aliphatic hydroxyl groups excluding tert-OH is 3. The zero-order valence-electron chi connectivity index (χ0n) is 22.1. The molecule has 3 N–H and O–H groups in total. The van der Waals surface area contributed by atoms with E-state index in [2.05, 4.69) is 4.84 Å². The predicted octanol–water partition coefficient (Wildman–Crippen LogP) is 4.55. The molecular weight excluding hydrogens is 502 g/mol. The molecule has 1 aliphatic carbocycles. The topological polar surface area (TPSA) is 139 Å². The lowest BCUT2D eigenvalue weighted by Gasteiger charge is -2.23. The molecule has 2 aromatic carbocycles. The number of rotatable bonds is 16. The summed E-state index contributed by atoms with van der Waals surface area (Å²) >= 11 is 0. The maximum Gasteiger partial charge on any atom is 0.311 e. The normalized spacial score (nSPS) is 21.6. The van der Waals surface area contributed by atoms with E-state index in [1.807, 2.05) is 42.5 Å². The van der Waals surface area contributed by atoms with Crippen molar-refractivity contribution in [1.29, 1.82) is 0 Å². The molecule has 0 aliphatic heterocycles. The molecule has 1 saturated carbocycles. The van der Waals surface area contributed by atoms with E-state index in [1.54, 1.807) is 24.3 Å². The van der Waals surface area contributed by atoms with E-state index in [1.165, 1.54) is 5.56 Å². The second-order valence-electron chi connectivity index (χ2n) is 10.1. The highest BCUT2D eigenvalue weighted by atomic mass is 16.9. The number of ether oxygens (including phenoxy) is 1. The summed E-state index contributed by atoms with van der Waals surface area (Å²) in [4.78, 5) is 27.0. The number of nitrogens with zero attached hydrogens (tertiary/aromatic N) is 1. The minimum absolute atomic E-state index is 0.0645. The lowest BCUT2D eigenvalue weighted by atomic mass is 9.85. The fourth-order valence-corrected chi connectivity index (χ4v) is 5.17. The summed E-state index contributed by atoms with van der Waals surface area (Å²) in [5.41, 5.74) is 1.61. The van der Waals surface area contributed by atoms with Crippen molar-refractivity contribution in [2.75, 3.05) is 0 Å². The molecule has 5 atom stereocenters. The fraction of sp³-hybridized carbons (Fsp3) is 0.500. The first-order valence-corrected chi connectivity index (χ1v) is 13.6. The summed E-state index contributed by atoms with van der Waals surface area (Å²) in [7, 11) is 0. The molecule has 9 nitrogen and oxygen atoms in total. The Morgan fingerprint density at radius 3 is 2.51 bits per heavy atom. The Morgan fingerprint density at radius 2 is 1.74 bits per heavy atom. The van der Waals surface area contributed by atoms with Crippen molar-refractivity contribution < 1.29 is 34.8 Å². The van der Waals surface area contributed by atoms with Gasteiger partial charge in [0, 0.05) is 12.0 Å². The van der Waals surface area contributed by atoms with Crippen molar-refractivity contribution in [3.05, 3.63) is 88.0 Å². The average Bonchev–Trinajstić information content (AvgIpc) is 3.19. The van der Waals surface area contributed by atoms with Gasteiger partial charge in [-0.3, -0.25) is 4.79 Å². The van der Waals surface area contributed by atoms with Crippen molar-refractivity contribution in [1.82, 2.24) is 0 Å². The van der Waals surface area contributed by atoms with Crippen molar-refractivity contribution in [2.45, 2.75) is 82.7 Å². The molecule has 0 spiro atoms. The number of hydrogen-bond acceptors (Lipinski definition) is 8. The highest BCUT2D eigenvalue weighted by Crippen LogP contribution is 2.38. The monoisotopic (exact) mass is 541 g/mol. The molecule has 1 aliphatic rings. The van der Waals surface area contributed by atoms with Crippen molar-refractivity contribution in [3.63, 3.8) is 0 Å². The lowest BCUT2D eigenvalue weighted by molar-refractivity contribution is -0.763. The van der Waals surface area contributed by atoms with Gasteiger partial charge in [0.15, 0.2) is 0 Å². The van der Waals surface area contributed by atoms with E-state index in [0.29, 0.717) is 50.5 Å². The minimum Gasteiger partial charge on any atom is -0.426 e. The summed E-state index contributed by atoms with van der Waals surface area (Å²) in [6.45, 7) is -0.297. The quantitative estimate of drug-likeness (QED) is 0.0702. The molecule has 0 amide bonds. The van der Waals surface area contributed by atoms with Gasteiger partial charge in [-0.05, 0) is 74.8 Å². The van der Waals surface area contributed by atoms with Crippen LogP contribution in [0.15, 0.2) is 66.7 Å². The molecule has 0 unspecified atom stereocenters. The van der Waals surface area contributed by atoms with Crippen LogP contribution in [0.3, 0.4) is 0 Å². The van der Waals surface area contributed by atoms with Crippen LogP contribution < -0.4 is 4.74 Å². The van der Waals surface area contributed by atoms with E-state index in [4.69, 9.17) is 4.74 Å². The number of carbonyl (C=O) groups is 1. The number of aliphatic hydroxyl groups is 3. The Bertz CT molecular complexity index is 1060. The van der Waals surface area contributed by atoms with Gasteiger partial charge in [-0.1, -0.05) is 60.7 Å². The smallest absolute Gasteiger partial charge is 0.311 e. The number of unbranched alkanes of at least 4 members (excludes halogenated alkanes) is 1. The Kier molecular flexibility index (Phi) is 12.4. The van der Waals surface area contributed by atoms with Crippen LogP contribution >= 0.6 is 0 Å². The zero-order chi connectivity index (χ0) is 28.0. The first kappa shape index (κ1) is 30.3. The first-order chi connectivity index (χ1) is 18.8. The minimum atomic E-state index is -0.894. The molecule has 2 aromatic rings. The summed E-state index contributed by atoms with van der Waals surface area (Å²) < 4.78 is 5.35. The summed E-state index contributed by atoms with van der Waals surface area (Å²) in [5, 5.41) is 41.0. The van der Waals surface area contributed by atoms with E-state index in [-0.39, 0.29) is 30.6 Å². The number of benzene rings is 2. The highest BCUT2D eigenvalue weighted by Gasteiger charge is 2.40. The Hall–Kier alpha value is -3.27. The molecule has 212 valence electrons. The van der Waals surface area contributed by atoms with Crippen LogP contribution in [-0.4, -0.2) is 44.7 Å². The standard InChI is InChI=1S/C30H39NO8/c32-24(17-16-22-10-4-3-5-11-22)18-19-26-25(27(33)20-28(26)34)13-6-1-2-7-15-30(35)39-29-14-9-8-12-23(29)21-38-31(36)37/h1,3-6,8-12,14,24-28,32-34H,2,7,13,15-21H2/t24-,25+,26+,27-,28+/m0/s1. The third kappa shape index (κ3) is 10.4. The SMILES string of the molecule is O=C(CCCC=CC[C@@H]1[C@@H](CC[C@@H](O)CCc2ccccc2)[C@H](O)C[C@@H]1O)Oc1ccccc1CO[N+](=O)[O-]. The van der Waals surface area contributed by atoms with Crippen LogP contribution in [-0.2, 0) is 22.7 Å². The maximum atomic E-state index is 12.2. The largest absolute Gasteiger partial charge is 0.426 e. The third-order valence-electron chi connectivity index (χ3n) is 7.31. The predicted molar refractivity (Wildman–Crippen MR) is 145 cm³/mol. The zero-order valence-corrected chi connectivity index (χ0v) is 22.1. The number of allylic oxidation sites excluding steroid dienone is 2. The summed E-state index contributed by atoms with van der Waals surface area (Å²) in [6.07, 6.45) is 7.44. The fourth-order valence-electron chi connectivity index (χ4n) is 5.17. The van der Waals surface area contributed by atoms with Gasteiger partial charge in [0.1, 0.15) is 12.4 Å². The second kappa shape index (κ2) is 16.0.